The van der Waals surface area contributed by atoms with Gasteiger partial charge in [0.05, 0.1) is 11.7 Å². The lowest BCUT2D eigenvalue weighted by Crippen LogP contribution is -2.31. The lowest BCUT2D eigenvalue weighted by Gasteiger charge is -2.25. The standard InChI is InChI=1S/C25H24FN3O2/c1-16-14-20(18-5-9-21(26)10-6-18)15-23(27-16)24-4-3-13-29(24)25(31)19-7-11-22(12-8-19)28-17(2)30/h5-12,14-15,24H,3-4,13H2,1-2H3,(H,28,30)/t24-/m1/s1. The zero-order chi connectivity index (χ0) is 22.0. The molecule has 31 heavy (non-hydrogen) atoms. The highest BCUT2D eigenvalue weighted by Crippen LogP contribution is 2.34. The fraction of sp³-hybridized carbons (Fsp3) is 0.240. The summed E-state index contributed by atoms with van der Waals surface area (Å²) in [5.74, 6) is -0.475. The summed E-state index contributed by atoms with van der Waals surface area (Å²) in [6.07, 6.45) is 1.75. The van der Waals surface area contributed by atoms with E-state index in [1.807, 2.05) is 24.0 Å². The van der Waals surface area contributed by atoms with Crippen LogP contribution >= 0.6 is 0 Å². The summed E-state index contributed by atoms with van der Waals surface area (Å²) >= 11 is 0. The molecule has 4 rings (SSSR count). The summed E-state index contributed by atoms with van der Waals surface area (Å²) in [5, 5.41) is 2.71. The number of benzene rings is 2. The third-order valence-corrected chi connectivity index (χ3v) is 5.46. The molecule has 0 radical (unpaired) electrons. The Morgan fingerprint density at radius 2 is 1.74 bits per heavy atom. The van der Waals surface area contributed by atoms with Gasteiger partial charge in [-0.25, -0.2) is 4.39 Å². The first-order valence-electron chi connectivity index (χ1n) is 10.3. The molecule has 3 aromatic rings. The molecule has 1 N–H and O–H groups in total. The minimum absolute atomic E-state index is 0.0523. The maximum absolute atomic E-state index is 13.3. The number of aryl methyl sites for hydroxylation is 1. The van der Waals surface area contributed by atoms with Gasteiger partial charge in [-0.15, -0.1) is 0 Å². The predicted molar refractivity (Wildman–Crippen MR) is 118 cm³/mol. The van der Waals surface area contributed by atoms with Gasteiger partial charge in [0.1, 0.15) is 5.82 Å². The lowest BCUT2D eigenvalue weighted by molar-refractivity contribution is -0.114. The van der Waals surface area contributed by atoms with Crippen molar-refractivity contribution in [2.45, 2.75) is 32.7 Å². The molecule has 5 nitrogen and oxygen atoms in total. The molecular formula is C25H24FN3O2. The third kappa shape index (κ3) is 4.63. The third-order valence-electron chi connectivity index (χ3n) is 5.46. The molecule has 1 saturated heterocycles. The van der Waals surface area contributed by atoms with Gasteiger partial charge in [-0.1, -0.05) is 12.1 Å². The summed E-state index contributed by atoms with van der Waals surface area (Å²) in [6.45, 7) is 4.04. The van der Waals surface area contributed by atoms with Crippen LogP contribution in [0.15, 0.2) is 60.7 Å². The number of pyridine rings is 1. The van der Waals surface area contributed by atoms with Crippen LogP contribution in [0.2, 0.25) is 0 Å². The number of hydrogen-bond donors (Lipinski definition) is 1. The summed E-state index contributed by atoms with van der Waals surface area (Å²) in [5.41, 5.74) is 4.81. The van der Waals surface area contributed by atoms with Gasteiger partial charge in [0, 0.05) is 30.4 Å². The number of hydrogen-bond acceptors (Lipinski definition) is 3. The van der Waals surface area contributed by atoms with Crippen LogP contribution in [0.3, 0.4) is 0 Å². The fourth-order valence-corrected chi connectivity index (χ4v) is 4.06. The van der Waals surface area contributed by atoms with Crippen LogP contribution in [-0.4, -0.2) is 28.2 Å². The van der Waals surface area contributed by atoms with Crippen molar-refractivity contribution in [3.63, 3.8) is 0 Å². The van der Waals surface area contributed by atoms with E-state index < -0.39 is 0 Å². The smallest absolute Gasteiger partial charge is 0.254 e. The highest BCUT2D eigenvalue weighted by Gasteiger charge is 2.32. The molecule has 1 aromatic heterocycles. The van der Waals surface area contributed by atoms with Gasteiger partial charge in [-0.3, -0.25) is 14.6 Å². The molecule has 2 amide bonds. The van der Waals surface area contributed by atoms with Crippen molar-refractivity contribution < 1.29 is 14.0 Å². The minimum atomic E-state index is -0.271. The molecule has 1 fully saturated rings. The van der Waals surface area contributed by atoms with Gasteiger partial charge in [-0.05, 0) is 79.4 Å². The van der Waals surface area contributed by atoms with Crippen LogP contribution in [0.25, 0.3) is 11.1 Å². The maximum Gasteiger partial charge on any atom is 0.254 e. The Hall–Kier alpha value is -3.54. The molecular weight excluding hydrogens is 393 g/mol. The summed E-state index contributed by atoms with van der Waals surface area (Å²) in [4.78, 5) is 31.0. The second-order valence-corrected chi connectivity index (χ2v) is 7.84. The van der Waals surface area contributed by atoms with E-state index >= 15 is 0 Å². The SMILES string of the molecule is CC(=O)Nc1ccc(C(=O)N2CCC[C@@H]2c2cc(-c3ccc(F)cc3)cc(C)n2)cc1. The molecule has 1 aliphatic rings. The van der Waals surface area contributed by atoms with Crippen molar-refractivity contribution in [1.29, 1.82) is 0 Å². The average Bonchev–Trinajstić information content (AvgIpc) is 3.23. The molecule has 2 heterocycles. The molecule has 2 aromatic carbocycles. The lowest BCUT2D eigenvalue weighted by atomic mass is 10.0. The van der Waals surface area contributed by atoms with Gasteiger partial charge in [-0.2, -0.15) is 0 Å². The number of amides is 2. The first kappa shape index (κ1) is 20.7. The Kier molecular flexibility index (Phi) is 5.80. The monoisotopic (exact) mass is 417 g/mol. The van der Waals surface area contributed by atoms with Crippen LogP contribution in [0.1, 0.15) is 47.6 Å². The summed E-state index contributed by atoms with van der Waals surface area (Å²) < 4.78 is 13.3. The number of nitrogens with one attached hydrogen (secondary N) is 1. The molecule has 1 aliphatic heterocycles. The number of aromatic nitrogens is 1. The van der Waals surface area contributed by atoms with E-state index in [4.69, 9.17) is 4.98 Å². The van der Waals surface area contributed by atoms with Crippen molar-refractivity contribution >= 4 is 17.5 Å². The van der Waals surface area contributed by atoms with Crippen molar-refractivity contribution in [2.24, 2.45) is 0 Å². The number of nitrogens with zero attached hydrogens (tertiary/aromatic N) is 2. The van der Waals surface area contributed by atoms with E-state index in [-0.39, 0.29) is 23.7 Å². The maximum atomic E-state index is 13.3. The number of halogens is 1. The van der Waals surface area contributed by atoms with E-state index in [0.29, 0.717) is 17.8 Å². The van der Waals surface area contributed by atoms with Crippen molar-refractivity contribution in [2.75, 3.05) is 11.9 Å². The zero-order valence-electron chi connectivity index (χ0n) is 17.6. The molecule has 0 spiro atoms. The van der Waals surface area contributed by atoms with Crippen molar-refractivity contribution in [1.82, 2.24) is 9.88 Å². The number of carbonyl (C=O) groups excluding carboxylic acids is 2. The number of likely N-dealkylation sites (tertiary alicyclic amines) is 1. The largest absolute Gasteiger partial charge is 0.330 e. The Balaban J connectivity index is 1.60. The molecule has 0 bridgehead atoms. The highest BCUT2D eigenvalue weighted by molar-refractivity contribution is 5.96. The Morgan fingerprint density at radius 1 is 1.03 bits per heavy atom. The summed E-state index contributed by atoms with van der Waals surface area (Å²) in [7, 11) is 0. The summed E-state index contributed by atoms with van der Waals surface area (Å²) in [6, 6.07) is 17.2. The van der Waals surface area contributed by atoms with Gasteiger partial charge in [0.15, 0.2) is 0 Å². The van der Waals surface area contributed by atoms with Gasteiger partial charge >= 0.3 is 0 Å². The average molecular weight is 417 g/mol. The van der Waals surface area contributed by atoms with Crippen LogP contribution in [0.5, 0.6) is 0 Å². The zero-order valence-corrected chi connectivity index (χ0v) is 17.6. The highest BCUT2D eigenvalue weighted by atomic mass is 19.1. The number of anilines is 1. The Morgan fingerprint density at radius 3 is 2.42 bits per heavy atom. The molecule has 6 heteroatoms. The van der Waals surface area contributed by atoms with Gasteiger partial charge in [0.25, 0.3) is 5.91 Å². The fourth-order valence-electron chi connectivity index (χ4n) is 4.06. The number of rotatable bonds is 4. The first-order valence-corrected chi connectivity index (χ1v) is 10.3. The van der Waals surface area contributed by atoms with E-state index in [1.54, 1.807) is 36.4 Å². The second kappa shape index (κ2) is 8.68. The number of carbonyl (C=O) groups is 2. The van der Waals surface area contributed by atoms with Crippen LogP contribution < -0.4 is 5.32 Å². The van der Waals surface area contributed by atoms with E-state index in [9.17, 15) is 14.0 Å². The molecule has 0 aliphatic carbocycles. The first-order chi connectivity index (χ1) is 14.9. The quantitative estimate of drug-likeness (QED) is 0.640. The van der Waals surface area contributed by atoms with Crippen LogP contribution in [0.4, 0.5) is 10.1 Å². The van der Waals surface area contributed by atoms with Crippen LogP contribution in [-0.2, 0) is 4.79 Å². The Bertz CT molecular complexity index is 1110. The minimum Gasteiger partial charge on any atom is -0.330 e. The molecule has 1 atom stereocenters. The molecule has 0 saturated carbocycles. The molecule has 158 valence electrons. The topological polar surface area (TPSA) is 62.3 Å². The van der Waals surface area contributed by atoms with Gasteiger partial charge in [0.2, 0.25) is 5.91 Å². The van der Waals surface area contributed by atoms with E-state index in [2.05, 4.69) is 5.32 Å². The van der Waals surface area contributed by atoms with Crippen molar-refractivity contribution in [3.8, 4) is 11.1 Å². The van der Waals surface area contributed by atoms with Crippen molar-refractivity contribution in [3.05, 3.63) is 83.4 Å². The predicted octanol–water partition coefficient (Wildman–Crippen LogP) is 5.13. The van der Waals surface area contributed by atoms with E-state index in [0.717, 1.165) is 35.4 Å². The Labute approximate surface area is 180 Å². The van der Waals surface area contributed by atoms with E-state index in [1.165, 1.54) is 19.1 Å². The second-order valence-electron chi connectivity index (χ2n) is 7.84. The molecule has 0 unspecified atom stereocenters. The normalized spacial score (nSPS) is 15.7. The van der Waals surface area contributed by atoms with Crippen LogP contribution in [0, 0.1) is 12.7 Å². The van der Waals surface area contributed by atoms with Gasteiger partial charge < -0.3 is 10.2 Å².